The molecule has 5 nitrogen and oxygen atoms in total. The van der Waals surface area contributed by atoms with Gasteiger partial charge >= 0.3 is 0 Å². The third kappa shape index (κ3) is 2.57. The van der Waals surface area contributed by atoms with Gasteiger partial charge in [-0.2, -0.15) is 0 Å². The zero-order valence-electron chi connectivity index (χ0n) is 9.14. The van der Waals surface area contributed by atoms with Crippen molar-refractivity contribution in [1.29, 1.82) is 0 Å². The molecular weight excluding hydrogens is 218 g/mol. The van der Waals surface area contributed by atoms with Gasteiger partial charge in [-0.1, -0.05) is 0 Å². The Morgan fingerprint density at radius 2 is 2.18 bits per heavy atom. The lowest BCUT2D eigenvalue weighted by Gasteiger charge is -2.09. The Labute approximate surface area is 98.4 Å². The lowest BCUT2D eigenvalue weighted by molar-refractivity contribution is 0.100. The standard InChI is InChI=1S/C12H13N3O2/c13-9-1-2-11(10(5-9)12(14)16)15-6-8-3-4-17-7-8/h1-5,7,15H,6,13H2,(H2,14,16). The van der Waals surface area contributed by atoms with Crippen molar-refractivity contribution in [2.24, 2.45) is 5.73 Å². The van der Waals surface area contributed by atoms with Gasteiger partial charge in [-0.3, -0.25) is 4.79 Å². The fraction of sp³-hybridized carbons (Fsp3) is 0.0833. The van der Waals surface area contributed by atoms with Gasteiger partial charge < -0.3 is 21.2 Å². The van der Waals surface area contributed by atoms with E-state index in [2.05, 4.69) is 5.32 Å². The van der Waals surface area contributed by atoms with Crippen LogP contribution in [0.25, 0.3) is 0 Å². The van der Waals surface area contributed by atoms with Crippen LogP contribution in [0.1, 0.15) is 15.9 Å². The summed E-state index contributed by atoms with van der Waals surface area (Å²) in [5.74, 6) is -0.507. The van der Waals surface area contributed by atoms with E-state index in [1.165, 1.54) is 0 Å². The second-order valence-corrected chi connectivity index (χ2v) is 3.65. The van der Waals surface area contributed by atoms with E-state index in [9.17, 15) is 4.79 Å². The summed E-state index contributed by atoms with van der Waals surface area (Å²) in [6, 6.07) is 6.84. The lowest BCUT2D eigenvalue weighted by Crippen LogP contribution is -2.14. The van der Waals surface area contributed by atoms with Crippen LogP contribution in [0.15, 0.2) is 41.2 Å². The number of anilines is 2. The minimum atomic E-state index is -0.507. The maximum Gasteiger partial charge on any atom is 0.250 e. The number of hydrogen-bond acceptors (Lipinski definition) is 4. The van der Waals surface area contributed by atoms with Gasteiger partial charge in [0.15, 0.2) is 0 Å². The van der Waals surface area contributed by atoms with E-state index >= 15 is 0 Å². The molecule has 0 saturated heterocycles. The highest BCUT2D eigenvalue weighted by Gasteiger charge is 2.08. The van der Waals surface area contributed by atoms with Crippen LogP contribution in [0.4, 0.5) is 11.4 Å². The Kier molecular flexibility index (Phi) is 3.00. The summed E-state index contributed by atoms with van der Waals surface area (Å²) >= 11 is 0. The third-order valence-corrected chi connectivity index (χ3v) is 2.37. The van der Waals surface area contributed by atoms with E-state index in [0.29, 0.717) is 23.5 Å². The highest BCUT2D eigenvalue weighted by atomic mass is 16.3. The first-order chi connectivity index (χ1) is 8.16. The molecular formula is C12H13N3O2. The molecule has 0 fully saturated rings. The molecule has 1 aromatic heterocycles. The maximum absolute atomic E-state index is 11.2. The molecule has 2 rings (SSSR count). The highest BCUT2D eigenvalue weighted by molar-refractivity contribution is 5.99. The van der Waals surface area contributed by atoms with Crippen molar-refractivity contribution in [3.8, 4) is 0 Å². The van der Waals surface area contributed by atoms with E-state index in [-0.39, 0.29) is 0 Å². The highest BCUT2D eigenvalue weighted by Crippen LogP contribution is 2.19. The Morgan fingerprint density at radius 1 is 1.35 bits per heavy atom. The first kappa shape index (κ1) is 11.1. The number of nitrogen functional groups attached to an aromatic ring is 1. The Bertz CT molecular complexity index is 521. The second-order valence-electron chi connectivity index (χ2n) is 3.65. The lowest BCUT2D eigenvalue weighted by atomic mass is 10.1. The molecule has 0 aliphatic carbocycles. The normalized spacial score (nSPS) is 10.1. The van der Waals surface area contributed by atoms with Gasteiger partial charge in [-0.25, -0.2) is 0 Å². The molecule has 0 unspecified atom stereocenters. The van der Waals surface area contributed by atoms with Crippen LogP contribution < -0.4 is 16.8 Å². The van der Waals surface area contributed by atoms with E-state index in [0.717, 1.165) is 5.56 Å². The van der Waals surface area contributed by atoms with Crippen LogP contribution >= 0.6 is 0 Å². The van der Waals surface area contributed by atoms with Crippen molar-refractivity contribution in [3.63, 3.8) is 0 Å². The summed E-state index contributed by atoms with van der Waals surface area (Å²) < 4.78 is 4.95. The van der Waals surface area contributed by atoms with Gasteiger partial charge in [0, 0.05) is 23.5 Å². The number of amides is 1. The molecule has 0 atom stereocenters. The van der Waals surface area contributed by atoms with E-state index in [1.807, 2.05) is 6.07 Å². The number of furan rings is 1. The molecule has 5 heteroatoms. The number of primary amides is 1. The summed E-state index contributed by atoms with van der Waals surface area (Å²) in [5.41, 5.74) is 13.4. The SMILES string of the molecule is NC(=O)c1cc(N)ccc1NCc1ccoc1. The van der Waals surface area contributed by atoms with Gasteiger partial charge in [-0.15, -0.1) is 0 Å². The molecule has 0 spiro atoms. The van der Waals surface area contributed by atoms with Crippen molar-refractivity contribution in [2.75, 3.05) is 11.1 Å². The van der Waals surface area contributed by atoms with Crippen molar-refractivity contribution in [3.05, 3.63) is 47.9 Å². The minimum absolute atomic E-state index is 0.383. The molecule has 1 heterocycles. The van der Waals surface area contributed by atoms with Crippen LogP contribution in [0.3, 0.4) is 0 Å². The topological polar surface area (TPSA) is 94.3 Å². The van der Waals surface area contributed by atoms with Crippen LogP contribution in [0.5, 0.6) is 0 Å². The Morgan fingerprint density at radius 3 is 2.82 bits per heavy atom. The zero-order valence-corrected chi connectivity index (χ0v) is 9.14. The molecule has 1 amide bonds. The average Bonchev–Trinajstić information content (AvgIpc) is 2.80. The van der Waals surface area contributed by atoms with E-state index < -0.39 is 5.91 Å². The number of benzene rings is 1. The molecule has 0 radical (unpaired) electrons. The summed E-state index contributed by atoms with van der Waals surface area (Å²) in [6.45, 7) is 0.556. The number of nitrogens with one attached hydrogen (secondary N) is 1. The molecule has 88 valence electrons. The summed E-state index contributed by atoms with van der Waals surface area (Å²) in [4.78, 5) is 11.2. The van der Waals surface area contributed by atoms with Crippen LogP contribution in [0, 0.1) is 0 Å². The minimum Gasteiger partial charge on any atom is -0.472 e. The molecule has 0 bridgehead atoms. The molecule has 0 aliphatic rings. The molecule has 2 aromatic rings. The third-order valence-electron chi connectivity index (χ3n) is 2.37. The van der Waals surface area contributed by atoms with Gasteiger partial charge in [-0.05, 0) is 24.3 Å². The van der Waals surface area contributed by atoms with Crippen LogP contribution in [-0.4, -0.2) is 5.91 Å². The Balaban J connectivity index is 2.17. The van der Waals surface area contributed by atoms with E-state index in [1.54, 1.807) is 30.7 Å². The average molecular weight is 231 g/mol. The molecule has 0 saturated carbocycles. The Hall–Kier alpha value is -2.43. The van der Waals surface area contributed by atoms with Crippen molar-refractivity contribution < 1.29 is 9.21 Å². The number of nitrogens with two attached hydrogens (primary N) is 2. The number of rotatable bonds is 4. The zero-order chi connectivity index (χ0) is 12.3. The summed E-state index contributed by atoms with van der Waals surface area (Å²) in [6.07, 6.45) is 3.23. The van der Waals surface area contributed by atoms with E-state index in [4.69, 9.17) is 15.9 Å². The first-order valence-corrected chi connectivity index (χ1v) is 5.11. The van der Waals surface area contributed by atoms with Crippen LogP contribution in [-0.2, 0) is 6.54 Å². The maximum atomic E-state index is 11.2. The second kappa shape index (κ2) is 4.61. The van der Waals surface area contributed by atoms with Crippen molar-refractivity contribution in [1.82, 2.24) is 0 Å². The number of hydrogen-bond donors (Lipinski definition) is 3. The molecule has 0 aliphatic heterocycles. The smallest absolute Gasteiger partial charge is 0.250 e. The van der Waals surface area contributed by atoms with Crippen LogP contribution in [0.2, 0.25) is 0 Å². The molecule has 5 N–H and O–H groups in total. The van der Waals surface area contributed by atoms with Gasteiger partial charge in [0.05, 0.1) is 18.1 Å². The largest absolute Gasteiger partial charge is 0.472 e. The fourth-order valence-electron chi connectivity index (χ4n) is 1.51. The first-order valence-electron chi connectivity index (χ1n) is 5.11. The quantitative estimate of drug-likeness (QED) is 0.696. The fourth-order valence-corrected chi connectivity index (χ4v) is 1.51. The summed E-state index contributed by atoms with van der Waals surface area (Å²) in [5, 5.41) is 3.11. The van der Waals surface area contributed by atoms with Crippen molar-refractivity contribution in [2.45, 2.75) is 6.54 Å². The number of carbonyl (C=O) groups excluding carboxylic acids is 1. The molecule has 17 heavy (non-hydrogen) atoms. The number of carbonyl (C=O) groups is 1. The molecule has 1 aromatic carbocycles. The van der Waals surface area contributed by atoms with Gasteiger partial charge in [0.25, 0.3) is 5.91 Å². The van der Waals surface area contributed by atoms with Gasteiger partial charge in [0.2, 0.25) is 0 Å². The predicted octanol–water partition coefficient (Wildman–Crippen LogP) is 1.57. The van der Waals surface area contributed by atoms with Crippen molar-refractivity contribution >= 4 is 17.3 Å². The monoisotopic (exact) mass is 231 g/mol. The predicted molar refractivity (Wildman–Crippen MR) is 65.4 cm³/mol. The van der Waals surface area contributed by atoms with Gasteiger partial charge in [0.1, 0.15) is 0 Å². The summed E-state index contributed by atoms with van der Waals surface area (Å²) in [7, 11) is 0.